The molecule has 0 N–H and O–H groups in total. The van der Waals surface area contributed by atoms with Gasteiger partial charge in [-0.3, -0.25) is 9.59 Å². The topological polar surface area (TPSA) is 37.4 Å². The number of piperidine rings is 1. The van der Waals surface area contributed by atoms with Crippen molar-refractivity contribution in [3.05, 3.63) is 35.9 Å². The first-order valence-electron chi connectivity index (χ1n) is 6.99. The van der Waals surface area contributed by atoms with E-state index in [1.807, 2.05) is 35.2 Å². The molecule has 1 amide bonds. The van der Waals surface area contributed by atoms with E-state index in [1.54, 1.807) is 6.92 Å². The van der Waals surface area contributed by atoms with Gasteiger partial charge in [-0.25, -0.2) is 0 Å². The molecule has 0 bridgehead atoms. The standard InChI is InChI=1S/C16H21NO2/c1-13(18)11-15-9-5-6-10-17(15)16(19)12-14-7-3-2-4-8-14/h2-4,7-8,15H,5-6,9-12H2,1H3. The third kappa shape index (κ3) is 3.91. The van der Waals surface area contributed by atoms with Crippen LogP contribution in [0.3, 0.4) is 0 Å². The van der Waals surface area contributed by atoms with Crippen molar-refractivity contribution < 1.29 is 9.59 Å². The minimum Gasteiger partial charge on any atom is -0.339 e. The predicted molar refractivity (Wildman–Crippen MR) is 74.8 cm³/mol. The predicted octanol–water partition coefficient (Wildman–Crippen LogP) is 2.59. The summed E-state index contributed by atoms with van der Waals surface area (Å²) in [6.07, 6.45) is 4.07. The summed E-state index contributed by atoms with van der Waals surface area (Å²) in [4.78, 5) is 25.6. The van der Waals surface area contributed by atoms with Gasteiger partial charge in [-0.1, -0.05) is 30.3 Å². The summed E-state index contributed by atoms with van der Waals surface area (Å²) in [5, 5.41) is 0. The van der Waals surface area contributed by atoms with Crippen LogP contribution in [0, 0.1) is 0 Å². The number of ketones is 1. The SMILES string of the molecule is CC(=O)CC1CCCCN1C(=O)Cc1ccccc1. The first-order valence-corrected chi connectivity index (χ1v) is 6.99. The van der Waals surface area contributed by atoms with Crippen LogP contribution in [0.5, 0.6) is 0 Å². The Labute approximate surface area is 114 Å². The zero-order chi connectivity index (χ0) is 13.7. The summed E-state index contributed by atoms with van der Waals surface area (Å²) in [7, 11) is 0. The number of carbonyl (C=O) groups is 2. The molecular weight excluding hydrogens is 238 g/mol. The molecule has 3 nitrogen and oxygen atoms in total. The molecule has 1 fully saturated rings. The Kier molecular flexibility index (Phi) is 4.72. The van der Waals surface area contributed by atoms with E-state index in [0.29, 0.717) is 12.8 Å². The normalized spacial score (nSPS) is 19.2. The van der Waals surface area contributed by atoms with E-state index >= 15 is 0 Å². The minimum atomic E-state index is 0.113. The summed E-state index contributed by atoms with van der Waals surface area (Å²) >= 11 is 0. The number of carbonyl (C=O) groups excluding carboxylic acids is 2. The zero-order valence-electron chi connectivity index (χ0n) is 11.5. The number of likely N-dealkylation sites (tertiary alicyclic amines) is 1. The highest BCUT2D eigenvalue weighted by Crippen LogP contribution is 2.21. The second-order valence-corrected chi connectivity index (χ2v) is 5.31. The van der Waals surface area contributed by atoms with Gasteiger partial charge in [0.25, 0.3) is 0 Å². The monoisotopic (exact) mass is 259 g/mol. The van der Waals surface area contributed by atoms with Crippen LogP contribution in [0.2, 0.25) is 0 Å². The fourth-order valence-electron chi connectivity index (χ4n) is 2.74. The van der Waals surface area contributed by atoms with E-state index in [2.05, 4.69) is 0 Å². The van der Waals surface area contributed by atoms with Crippen molar-refractivity contribution in [1.82, 2.24) is 4.90 Å². The molecular formula is C16H21NO2. The lowest BCUT2D eigenvalue weighted by molar-refractivity contribution is -0.135. The van der Waals surface area contributed by atoms with Gasteiger partial charge in [-0.2, -0.15) is 0 Å². The molecule has 0 saturated carbocycles. The molecule has 1 saturated heterocycles. The van der Waals surface area contributed by atoms with Crippen molar-refractivity contribution in [3.8, 4) is 0 Å². The highest BCUT2D eigenvalue weighted by molar-refractivity contribution is 5.81. The van der Waals surface area contributed by atoms with E-state index in [1.165, 1.54) is 0 Å². The van der Waals surface area contributed by atoms with E-state index in [0.717, 1.165) is 31.4 Å². The van der Waals surface area contributed by atoms with Crippen molar-refractivity contribution in [1.29, 1.82) is 0 Å². The van der Waals surface area contributed by atoms with Crippen molar-refractivity contribution in [3.63, 3.8) is 0 Å². The summed E-state index contributed by atoms with van der Waals surface area (Å²) < 4.78 is 0. The van der Waals surface area contributed by atoms with E-state index in [4.69, 9.17) is 0 Å². The summed E-state index contributed by atoms with van der Waals surface area (Å²) in [6, 6.07) is 9.91. The molecule has 1 aliphatic heterocycles. The lowest BCUT2D eigenvalue weighted by Crippen LogP contribution is -2.45. The van der Waals surface area contributed by atoms with E-state index in [-0.39, 0.29) is 17.7 Å². The molecule has 0 aliphatic carbocycles. The van der Waals surface area contributed by atoms with Gasteiger partial charge in [-0.15, -0.1) is 0 Å². The number of hydrogen-bond acceptors (Lipinski definition) is 2. The molecule has 1 unspecified atom stereocenters. The maximum atomic E-state index is 12.4. The molecule has 3 heteroatoms. The molecule has 1 aromatic carbocycles. The number of nitrogens with zero attached hydrogens (tertiary/aromatic N) is 1. The Bertz CT molecular complexity index is 441. The smallest absolute Gasteiger partial charge is 0.227 e. The van der Waals surface area contributed by atoms with Crippen molar-refractivity contribution >= 4 is 11.7 Å². The molecule has 1 atom stereocenters. The van der Waals surface area contributed by atoms with Crippen LogP contribution in [-0.4, -0.2) is 29.2 Å². The fourth-order valence-corrected chi connectivity index (χ4v) is 2.74. The van der Waals surface area contributed by atoms with Crippen LogP contribution in [0.25, 0.3) is 0 Å². The average molecular weight is 259 g/mol. The second-order valence-electron chi connectivity index (χ2n) is 5.31. The number of Topliss-reactive ketones (excluding diaryl/α,β-unsaturated/α-hetero) is 1. The van der Waals surface area contributed by atoms with Gasteiger partial charge >= 0.3 is 0 Å². The average Bonchev–Trinajstić information content (AvgIpc) is 2.39. The Balaban J connectivity index is 2.01. The fraction of sp³-hybridized carbons (Fsp3) is 0.500. The van der Waals surface area contributed by atoms with Crippen molar-refractivity contribution in [2.75, 3.05) is 6.54 Å². The Morgan fingerprint density at radius 1 is 1.21 bits per heavy atom. The van der Waals surface area contributed by atoms with Crippen LogP contribution >= 0.6 is 0 Å². The summed E-state index contributed by atoms with van der Waals surface area (Å²) in [5.74, 6) is 0.321. The molecule has 0 radical (unpaired) electrons. The second kappa shape index (κ2) is 6.50. The van der Waals surface area contributed by atoms with Gasteiger partial charge < -0.3 is 4.90 Å². The molecule has 0 aromatic heterocycles. The Hall–Kier alpha value is -1.64. The molecule has 19 heavy (non-hydrogen) atoms. The van der Waals surface area contributed by atoms with E-state index < -0.39 is 0 Å². The van der Waals surface area contributed by atoms with Gasteiger partial charge in [0, 0.05) is 19.0 Å². The van der Waals surface area contributed by atoms with Gasteiger partial charge in [0.1, 0.15) is 5.78 Å². The summed E-state index contributed by atoms with van der Waals surface area (Å²) in [6.45, 7) is 2.40. The van der Waals surface area contributed by atoms with Gasteiger partial charge in [-0.05, 0) is 31.7 Å². The van der Waals surface area contributed by atoms with Crippen LogP contribution < -0.4 is 0 Å². The number of benzene rings is 1. The van der Waals surface area contributed by atoms with Gasteiger partial charge in [0.15, 0.2) is 0 Å². The van der Waals surface area contributed by atoms with Crippen LogP contribution in [0.1, 0.15) is 38.2 Å². The highest BCUT2D eigenvalue weighted by Gasteiger charge is 2.27. The molecule has 1 aromatic rings. The number of amides is 1. The van der Waals surface area contributed by atoms with Crippen molar-refractivity contribution in [2.24, 2.45) is 0 Å². The van der Waals surface area contributed by atoms with Crippen LogP contribution in [0.4, 0.5) is 0 Å². The lowest BCUT2D eigenvalue weighted by atomic mass is 9.97. The Morgan fingerprint density at radius 2 is 1.95 bits per heavy atom. The maximum Gasteiger partial charge on any atom is 0.227 e. The van der Waals surface area contributed by atoms with Crippen molar-refractivity contribution in [2.45, 2.75) is 45.1 Å². The zero-order valence-corrected chi connectivity index (χ0v) is 11.5. The summed E-state index contributed by atoms with van der Waals surface area (Å²) in [5.41, 5.74) is 1.04. The van der Waals surface area contributed by atoms with Crippen LogP contribution in [0.15, 0.2) is 30.3 Å². The van der Waals surface area contributed by atoms with Gasteiger partial charge in [0.2, 0.25) is 5.91 Å². The molecule has 102 valence electrons. The number of hydrogen-bond donors (Lipinski definition) is 0. The lowest BCUT2D eigenvalue weighted by Gasteiger charge is -2.35. The van der Waals surface area contributed by atoms with Gasteiger partial charge in [0.05, 0.1) is 6.42 Å². The first-order chi connectivity index (χ1) is 9.16. The van der Waals surface area contributed by atoms with E-state index in [9.17, 15) is 9.59 Å². The molecule has 1 heterocycles. The Morgan fingerprint density at radius 3 is 2.63 bits per heavy atom. The molecule has 2 rings (SSSR count). The quantitative estimate of drug-likeness (QED) is 0.833. The molecule has 0 spiro atoms. The highest BCUT2D eigenvalue weighted by atomic mass is 16.2. The third-order valence-corrected chi connectivity index (χ3v) is 3.67. The largest absolute Gasteiger partial charge is 0.339 e. The maximum absolute atomic E-state index is 12.4. The third-order valence-electron chi connectivity index (χ3n) is 3.67. The first kappa shape index (κ1) is 13.8. The minimum absolute atomic E-state index is 0.113. The molecule has 1 aliphatic rings. The number of rotatable bonds is 4. The van der Waals surface area contributed by atoms with Crippen LogP contribution in [-0.2, 0) is 16.0 Å².